The third-order valence-electron chi connectivity index (χ3n) is 3.32. The van der Waals surface area contributed by atoms with Crippen LogP contribution in [0.3, 0.4) is 0 Å². The summed E-state index contributed by atoms with van der Waals surface area (Å²) in [4.78, 5) is 61.1. The number of rotatable bonds is 6. The molecule has 5 amide bonds. The molecule has 0 unspecified atom stereocenters. The average Bonchev–Trinajstić information content (AvgIpc) is 3.06. The van der Waals surface area contributed by atoms with Gasteiger partial charge >= 0.3 is 23.8 Å². The lowest BCUT2D eigenvalue weighted by Crippen LogP contribution is -2.40. The monoisotopic (exact) mass is 367 g/mol. The number of nitrogens with one attached hydrogen (secondary N) is 1. The van der Waals surface area contributed by atoms with Crippen molar-refractivity contribution in [2.75, 3.05) is 18.5 Å². The van der Waals surface area contributed by atoms with E-state index in [4.69, 9.17) is 4.74 Å². The first-order valence-electron chi connectivity index (χ1n) is 7.51. The van der Waals surface area contributed by atoms with Crippen molar-refractivity contribution < 1.29 is 28.7 Å². The van der Waals surface area contributed by atoms with Crippen LogP contribution >= 0.6 is 11.3 Å². The second-order valence-electron chi connectivity index (χ2n) is 5.37. The van der Waals surface area contributed by atoms with Gasteiger partial charge in [-0.2, -0.15) is 0 Å². The molecule has 1 saturated heterocycles. The van der Waals surface area contributed by atoms with E-state index >= 15 is 0 Å². The van der Waals surface area contributed by atoms with Crippen LogP contribution in [-0.4, -0.2) is 58.7 Å². The van der Waals surface area contributed by atoms with E-state index in [1.807, 2.05) is 0 Å². The lowest BCUT2D eigenvalue weighted by molar-refractivity contribution is -0.144. The number of hydrogen-bond acceptors (Lipinski definition) is 7. The summed E-state index contributed by atoms with van der Waals surface area (Å²) in [5.41, 5.74) is 0.180. The Morgan fingerprint density at radius 3 is 2.48 bits per heavy atom. The summed E-state index contributed by atoms with van der Waals surface area (Å²) >= 11 is 1.10. The molecule has 0 saturated carbocycles. The van der Waals surface area contributed by atoms with Gasteiger partial charge in [0.2, 0.25) is 5.91 Å². The van der Waals surface area contributed by atoms with Crippen LogP contribution in [0.1, 0.15) is 31.1 Å². The highest BCUT2D eigenvalue weighted by Gasteiger charge is 2.46. The summed E-state index contributed by atoms with van der Waals surface area (Å²) in [5.74, 6) is -3.30. The molecule has 9 nitrogen and oxygen atoms in total. The molecule has 1 fully saturated rings. The van der Waals surface area contributed by atoms with E-state index < -0.39 is 42.3 Å². The number of esters is 1. The molecule has 10 heteroatoms. The van der Waals surface area contributed by atoms with E-state index in [9.17, 15) is 24.0 Å². The highest BCUT2D eigenvalue weighted by Crippen LogP contribution is 2.24. The molecule has 0 bridgehead atoms. The molecule has 2 rings (SSSR count). The Balaban J connectivity index is 2.08. The van der Waals surface area contributed by atoms with Gasteiger partial charge in [0.15, 0.2) is 0 Å². The maximum atomic E-state index is 12.1. The van der Waals surface area contributed by atoms with Gasteiger partial charge in [-0.25, -0.2) is 14.5 Å². The highest BCUT2D eigenvalue weighted by molar-refractivity contribution is 7.14. The van der Waals surface area contributed by atoms with Gasteiger partial charge in [0.25, 0.3) is 0 Å². The predicted molar refractivity (Wildman–Crippen MR) is 88.0 cm³/mol. The molecule has 1 aromatic heterocycles. The molecule has 0 atom stereocenters. The maximum Gasteiger partial charge on any atom is 0.341 e. The molecule has 1 aliphatic heterocycles. The van der Waals surface area contributed by atoms with Crippen molar-refractivity contribution in [3.63, 3.8) is 0 Å². The van der Waals surface area contributed by atoms with Crippen molar-refractivity contribution in [1.29, 1.82) is 0 Å². The van der Waals surface area contributed by atoms with Gasteiger partial charge in [-0.05, 0) is 32.2 Å². The second kappa shape index (κ2) is 7.43. The number of urea groups is 1. The zero-order valence-electron chi connectivity index (χ0n) is 13.9. The third-order valence-corrected chi connectivity index (χ3v) is 4.15. The summed E-state index contributed by atoms with van der Waals surface area (Å²) in [7, 11) is 0. The lowest BCUT2D eigenvalue weighted by atomic mass is 10.3. The smallest absolute Gasteiger partial charge is 0.341 e. The Kier molecular flexibility index (Phi) is 5.52. The molecule has 134 valence electrons. The number of amides is 5. The van der Waals surface area contributed by atoms with E-state index in [-0.39, 0.29) is 17.2 Å². The second-order valence-corrected chi connectivity index (χ2v) is 6.29. The van der Waals surface area contributed by atoms with Gasteiger partial charge in [0.05, 0.1) is 12.2 Å². The summed E-state index contributed by atoms with van der Waals surface area (Å²) in [6.07, 6.45) is 0. The third kappa shape index (κ3) is 3.68. The van der Waals surface area contributed by atoms with Crippen LogP contribution in [0.25, 0.3) is 0 Å². The van der Waals surface area contributed by atoms with Gasteiger partial charge in [0, 0.05) is 6.04 Å². The molecule has 0 spiro atoms. The van der Waals surface area contributed by atoms with Gasteiger partial charge in [-0.15, -0.1) is 11.3 Å². The largest absolute Gasteiger partial charge is 0.462 e. The normalized spacial score (nSPS) is 14.5. The van der Waals surface area contributed by atoms with Gasteiger partial charge < -0.3 is 10.1 Å². The van der Waals surface area contributed by atoms with Gasteiger partial charge in [0.1, 0.15) is 11.5 Å². The first kappa shape index (κ1) is 18.6. The molecule has 1 aliphatic rings. The fourth-order valence-electron chi connectivity index (χ4n) is 2.20. The summed E-state index contributed by atoms with van der Waals surface area (Å²) < 4.78 is 4.88. The fourth-order valence-corrected chi connectivity index (χ4v) is 2.99. The van der Waals surface area contributed by atoms with Crippen LogP contribution in [0.5, 0.6) is 0 Å². The van der Waals surface area contributed by atoms with Gasteiger partial charge in [-0.3, -0.25) is 19.3 Å². The van der Waals surface area contributed by atoms with Crippen LogP contribution < -0.4 is 5.32 Å². The maximum absolute atomic E-state index is 12.1. The van der Waals surface area contributed by atoms with Crippen molar-refractivity contribution in [1.82, 2.24) is 9.80 Å². The van der Waals surface area contributed by atoms with Crippen LogP contribution in [0.4, 0.5) is 9.80 Å². The number of imide groups is 2. The molecular formula is C15H17N3O6S. The number of ether oxygens (including phenoxy) is 1. The van der Waals surface area contributed by atoms with Crippen LogP contribution in [0.15, 0.2) is 11.4 Å². The quantitative estimate of drug-likeness (QED) is 0.457. The molecule has 1 N–H and O–H groups in total. The van der Waals surface area contributed by atoms with Crippen LogP contribution in [0, 0.1) is 0 Å². The zero-order valence-corrected chi connectivity index (χ0v) is 14.7. The minimum absolute atomic E-state index is 0.180. The van der Waals surface area contributed by atoms with Crippen molar-refractivity contribution >= 4 is 46.1 Å². The Morgan fingerprint density at radius 2 is 1.92 bits per heavy atom. The number of hydrogen-bond donors (Lipinski definition) is 1. The van der Waals surface area contributed by atoms with Crippen molar-refractivity contribution in [2.24, 2.45) is 0 Å². The lowest BCUT2D eigenvalue weighted by Gasteiger charge is -2.18. The predicted octanol–water partition coefficient (Wildman–Crippen LogP) is 1.06. The molecule has 0 aromatic carbocycles. The molecule has 1 aromatic rings. The molecule has 2 heterocycles. The fraction of sp³-hybridized carbons (Fsp3) is 0.400. The molecule has 25 heavy (non-hydrogen) atoms. The Hall–Kier alpha value is -2.75. The van der Waals surface area contributed by atoms with E-state index in [1.165, 1.54) is 6.07 Å². The molecule has 0 aliphatic carbocycles. The number of carbonyl (C=O) groups is 5. The Morgan fingerprint density at radius 1 is 1.24 bits per heavy atom. The van der Waals surface area contributed by atoms with E-state index in [2.05, 4.69) is 5.32 Å². The minimum atomic E-state index is -1.05. The summed E-state index contributed by atoms with van der Waals surface area (Å²) in [6, 6.07) is 0.163. The zero-order chi connectivity index (χ0) is 18.7. The Labute approximate surface area is 147 Å². The van der Waals surface area contributed by atoms with Crippen molar-refractivity contribution in [2.45, 2.75) is 26.8 Å². The molecule has 0 radical (unpaired) electrons. The average molecular weight is 367 g/mol. The Bertz CT molecular complexity index is 741. The van der Waals surface area contributed by atoms with E-state index in [0.717, 1.165) is 16.2 Å². The summed E-state index contributed by atoms with van der Waals surface area (Å²) in [6.45, 7) is 4.40. The van der Waals surface area contributed by atoms with E-state index in [0.29, 0.717) is 4.90 Å². The number of carbonyl (C=O) groups excluding carboxylic acids is 5. The number of nitrogens with zero attached hydrogens (tertiary/aromatic N) is 2. The number of anilines is 1. The number of thiophene rings is 1. The van der Waals surface area contributed by atoms with E-state index in [1.54, 1.807) is 26.2 Å². The first-order chi connectivity index (χ1) is 11.8. The summed E-state index contributed by atoms with van der Waals surface area (Å²) in [5, 5.41) is 4.30. The van der Waals surface area contributed by atoms with Crippen LogP contribution in [0.2, 0.25) is 0 Å². The van der Waals surface area contributed by atoms with Crippen LogP contribution in [-0.2, 0) is 19.1 Å². The molecular weight excluding hydrogens is 350 g/mol. The van der Waals surface area contributed by atoms with Gasteiger partial charge in [-0.1, -0.05) is 0 Å². The van der Waals surface area contributed by atoms with Crippen molar-refractivity contribution in [3.8, 4) is 0 Å². The SMILES string of the molecule is CCOC(=O)c1ccsc1NC(=O)CN1C(=O)C(=O)N(C(C)C)C1=O. The standard InChI is InChI=1S/C15H17N3O6S/c1-4-24-14(22)9-5-6-25-11(9)16-10(19)7-17-12(20)13(21)18(8(2)3)15(17)23/h5-6,8H,4,7H2,1-3H3,(H,16,19). The topological polar surface area (TPSA) is 113 Å². The first-order valence-corrected chi connectivity index (χ1v) is 8.39. The van der Waals surface area contributed by atoms with Crippen molar-refractivity contribution in [3.05, 3.63) is 17.0 Å². The minimum Gasteiger partial charge on any atom is -0.462 e. The highest BCUT2D eigenvalue weighted by atomic mass is 32.1.